The lowest BCUT2D eigenvalue weighted by Gasteiger charge is -2.14. The lowest BCUT2D eigenvalue weighted by atomic mass is 10.1. The molecule has 1 heterocycles. The van der Waals surface area contributed by atoms with Crippen LogP contribution in [0.1, 0.15) is 27.0 Å². The second-order valence-corrected chi connectivity index (χ2v) is 7.46. The lowest BCUT2D eigenvalue weighted by molar-refractivity contribution is -0.124. The Balaban J connectivity index is 1.34. The zero-order valence-corrected chi connectivity index (χ0v) is 17.9. The van der Waals surface area contributed by atoms with Crippen LogP contribution in [0.5, 0.6) is 11.5 Å². The van der Waals surface area contributed by atoms with Crippen LogP contribution in [0.3, 0.4) is 0 Å². The number of hydrogen-bond acceptors (Lipinski definition) is 6. The van der Waals surface area contributed by atoms with Crippen LogP contribution in [0.2, 0.25) is 0 Å². The van der Waals surface area contributed by atoms with Gasteiger partial charge in [0.1, 0.15) is 0 Å². The first-order valence-electron chi connectivity index (χ1n) is 10.3. The SMILES string of the molecule is Cc1cccc(Nc2ccccc2C(=O)OCC(=O)NCc2ccc3c(c2)OCO3)c1C. The minimum absolute atomic E-state index is 0.195. The summed E-state index contributed by atoms with van der Waals surface area (Å²) in [5.41, 5.74) is 4.99. The second-order valence-electron chi connectivity index (χ2n) is 7.46. The van der Waals surface area contributed by atoms with Gasteiger partial charge in [-0.15, -0.1) is 0 Å². The minimum atomic E-state index is -0.573. The Labute approximate surface area is 186 Å². The average Bonchev–Trinajstić information content (AvgIpc) is 3.27. The molecular formula is C25H24N2O5. The number of nitrogens with one attached hydrogen (secondary N) is 2. The van der Waals surface area contributed by atoms with Gasteiger partial charge in [0.25, 0.3) is 5.91 Å². The first-order valence-corrected chi connectivity index (χ1v) is 10.3. The summed E-state index contributed by atoms with van der Waals surface area (Å²) in [6.07, 6.45) is 0. The summed E-state index contributed by atoms with van der Waals surface area (Å²) in [6.45, 7) is 4.16. The molecule has 3 aromatic rings. The molecule has 3 aromatic carbocycles. The van der Waals surface area contributed by atoms with Gasteiger partial charge in [-0.2, -0.15) is 0 Å². The largest absolute Gasteiger partial charge is 0.454 e. The maximum atomic E-state index is 12.6. The Kier molecular flexibility index (Phi) is 6.26. The number of aryl methyl sites for hydroxylation is 1. The number of esters is 1. The number of hydrogen-bond donors (Lipinski definition) is 2. The molecule has 1 amide bonds. The summed E-state index contributed by atoms with van der Waals surface area (Å²) >= 11 is 0. The van der Waals surface area contributed by atoms with Gasteiger partial charge in [-0.25, -0.2) is 4.79 Å². The van der Waals surface area contributed by atoms with Gasteiger partial charge in [0.2, 0.25) is 6.79 Å². The van der Waals surface area contributed by atoms with Crippen molar-refractivity contribution in [2.45, 2.75) is 20.4 Å². The van der Waals surface area contributed by atoms with E-state index < -0.39 is 11.9 Å². The van der Waals surface area contributed by atoms with E-state index >= 15 is 0 Å². The molecule has 0 atom stereocenters. The Morgan fingerprint density at radius 3 is 2.59 bits per heavy atom. The van der Waals surface area contributed by atoms with Crippen LogP contribution in [0, 0.1) is 13.8 Å². The van der Waals surface area contributed by atoms with Crippen LogP contribution >= 0.6 is 0 Å². The normalized spacial score (nSPS) is 11.7. The number of ether oxygens (including phenoxy) is 3. The van der Waals surface area contributed by atoms with Crippen molar-refractivity contribution in [2.75, 3.05) is 18.7 Å². The molecular weight excluding hydrogens is 408 g/mol. The highest BCUT2D eigenvalue weighted by atomic mass is 16.7. The van der Waals surface area contributed by atoms with Gasteiger partial charge < -0.3 is 24.8 Å². The molecule has 0 unspecified atom stereocenters. The van der Waals surface area contributed by atoms with E-state index in [-0.39, 0.29) is 19.9 Å². The van der Waals surface area contributed by atoms with Gasteiger partial charge in [-0.3, -0.25) is 4.79 Å². The number of fused-ring (bicyclic) bond motifs is 1. The first kappa shape index (κ1) is 21.2. The van der Waals surface area contributed by atoms with Crippen molar-refractivity contribution in [1.29, 1.82) is 0 Å². The number of benzene rings is 3. The van der Waals surface area contributed by atoms with Crippen LogP contribution in [0.15, 0.2) is 60.7 Å². The average molecular weight is 432 g/mol. The number of rotatable bonds is 7. The van der Waals surface area contributed by atoms with Crippen LogP contribution < -0.4 is 20.1 Å². The van der Waals surface area contributed by atoms with Crippen molar-refractivity contribution in [3.63, 3.8) is 0 Å². The third-order valence-electron chi connectivity index (χ3n) is 5.28. The molecule has 0 fully saturated rings. The molecule has 0 bridgehead atoms. The fourth-order valence-electron chi connectivity index (χ4n) is 3.31. The number of carbonyl (C=O) groups is 2. The third kappa shape index (κ3) is 4.83. The van der Waals surface area contributed by atoms with Gasteiger partial charge in [-0.05, 0) is 60.9 Å². The monoisotopic (exact) mass is 432 g/mol. The van der Waals surface area contributed by atoms with E-state index in [9.17, 15) is 9.59 Å². The summed E-state index contributed by atoms with van der Waals surface area (Å²) in [6, 6.07) is 18.4. The molecule has 164 valence electrons. The molecule has 0 aromatic heterocycles. The zero-order chi connectivity index (χ0) is 22.5. The highest BCUT2D eigenvalue weighted by Gasteiger charge is 2.16. The van der Waals surface area contributed by atoms with Gasteiger partial charge in [0.05, 0.1) is 11.3 Å². The predicted molar refractivity (Wildman–Crippen MR) is 120 cm³/mol. The van der Waals surface area contributed by atoms with Crippen molar-refractivity contribution in [2.24, 2.45) is 0 Å². The van der Waals surface area contributed by atoms with Crippen molar-refractivity contribution >= 4 is 23.3 Å². The second kappa shape index (κ2) is 9.43. The maximum Gasteiger partial charge on any atom is 0.340 e. The number of para-hydroxylation sites is 1. The molecule has 0 saturated carbocycles. The molecule has 7 heteroatoms. The molecule has 0 spiro atoms. The van der Waals surface area contributed by atoms with Crippen LogP contribution in [-0.2, 0) is 16.1 Å². The molecule has 1 aliphatic rings. The molecule has 0 radical (unpaired) electrons. The van der Waals surface area contributed by atoms with Gasteiger partial charge in [-0.1, -0.05) is 30.3 Å². The van der Waals surface area contributed by atoms with Gasteiger partial charge in [0.15, 0.2) is 18.1 Å². The Bertz CT molecular complexity index is 1160. The molecule has 0 aliphatic carbocycles. The molecule has 32 heavy (non-hydrogen) atoms. The lowest BCUT2D eigenvalue weighted by Crippen LogP contribution is -2.28. The Morgan fingerprint density at radius 2 is 1.72 bits per heavy atom. The van der Waals surface area contributed by atoms with E-state index in [4.69, 9.17) is 14.2 Å². The van der Waals surface area contributed by atoms with Gasteiger partial charge in [0, 0.05) is 12.2 Å². The number of anilines is 2. The third-order valence-corrected chi connectivity index (χ3v) is 5.28. The Hall–Kier alpha value is -4.00. The molecule has 7 nitrogen and oxygen atoms in total. The quantitative estimate of drug-likeness (QED) is 0.543. The molecule has 1 aliphatic heterocycles. The van der Waals surface area contributed by atoms with Crippen LogP contribution in [0.25, 0.3) is 0 Å². The van der Waals surface area contributed by atoms with Crippen molar-refractivity contribution in [3.8, 4) is 11.5 Å². The van der Waals surface area contributed by atoms with Crippen LogP contribution in [0.4, 0.5) is 11.4 Å². The first-order chi connectivity index (χ1) is 15.5. The molecule has 2 N–H and O–H groups in total. The number of amides is 1. The smallest absolute Gasteiger partial charge is 0.340 e. The zero-order valence-electron chi connectivity index (χ0n) is 17.9. The van der Waals surface area contributed by atoms with Crippen molar-refractivity contribution in [3.05, 3.63) is 82.9 Å². The summed E-state index contributed by atoms with van der Waals surface area (Å²) in [5, 5.41) is 6.03. The Morgan fingerprint density at radius 1 is 0.938 bits per heavy atom. The van der Waals surface area contributed by atoms with Crippen molar-refractivity contribution < 1.29 is 23.8 Å². The summed E-state index contributed by atoms with van der Waals surface area (Å²) < 4.78 is 15.9. The minimum Gasteiger partial charge on any atom is -0.454 e. The fraction of sp³-hybridized carbons (Fsp3) is 0.200. The van der Waals surface area contributed by atoms with E-state index in [1.54, 1.807) is 24.3 Å². The highest BCUT2D eigenvalue weighted by Crippen LogP contribution is 2.32. The van der Waals surface area contributed by atoms with E-state index in [0.717, 1.165) is 22.4 Å². The van der Waals surface area contributed by atoms with Crippen LogP contribution in [-0.4, -0.2) is 25.3 Å². The van der Waals surface area contributed by atoms with Gasteiger partial charge >= 0.3 is 5.97 Å². The summed E-state index contributed by atoms with van der Waals surface area (Å²) in [5.74, 6) is 0.367. The van der Waals surface area contributed by atoms with E-state index in [2.05, 4.69) is 10.6 Å². The molecule has 4 rings (SSSR count). The topological polar surface area (TPSA) is 85.9 Å². The molecule has 0 saturated heterocycles. The van der Waals surface area contributed by atoms with E-state index in [0.29, 0.717) is 22.7 Å². The van der Waals surface area contributed by atoms with Crippen molar-refractivity contribution in [1.82, 2.24) is 5.32 Å². The summed E-state index contributed by atoms with van der Waals surface area (Å²) in [7, 11) is 0. The van der Waals surface area contributed by atoms with E-state index in [1.165, 1.54) is 0 Å². The predicted octanol–water partition coefficient (Wildman–Crippen LogP) is 4.25. The highest BCUT2D eigenvalue weighted by molar-refractivity contribution is 5.97. The number of carbonyl (C=O) groups excluding carboxylic acids is 2. The van der Waals surface area contributed by atoms with E-state index in [1.807, 2.05) is 50.2 Å². The summed E-state index contributed by atoms with van der Waals surface area (Å²) in [4.78, 5) is 24.8. The maximum absolute atomic E-state index is 12.6. The standard InChI is InChI=1S/C25H24N2O5/c1-16-6-5-9-20(17(16)2)27-21-8-4-3-7-19(21)25(29)30-14-24(28)26-13-18-10-11-22-23(12-18)32-15-31-22/h3-12,27H,13-15H2,1-2H3,(H,26,28). The fourth-order valence-corrected chi connectivity index (χ4v) is 3.31.